The van der Waals surface area contributed by atoms with Crippen LogP contribution in [-0.4, -0.2) is 0 Å². The third-order valence-electron chi connectivity index (χ3n) is 3.58. The van der Waals surface area contributed by atoms with E-state index >= 15 is 0 Å². The van der Waals surface area contributed by atoms with Crippen molar-refractivity contribution in [2.75, 3.05) is 0 Å². The van der Waals surface area contributed by atoms with Crippen molar-refractivity contribution >= 4 is 0 Å². The summed E-state index contributed by atoms with van der Waals surface area (Å²) in [4.78, 5) is 0. The first kappa shape index (κ1) is 15.0. The van der Waals surface area contributed by atoms with Crippen molar-refractivity contribution in [1.29, 1.82) is 0 Å². The highest BCUT2D eigenvalue weighted by Crippen LogP contribution is 2.38. The van der Waals surface area contributed by atoms with Gasteiger partial charge in [-0.25, -0.2) is 0 Å². The molecule has 0 radical (unpaired) electrons. The molecule has 0 saturated carbocycles. The average molecular weight is 250 g/mol. The Balaban J connectivity index is 3.37. The molecule has 1 rings (SSSR count). The van der Waals surface area contributed by atoms with Crippen molar-refractivity contribution in [3.63, 3.8) is 0 Å². The zero-order valence-corrected chi connectivity index (χ0v) is 11.9. The summed E-state index contributed by atoms with van der Waals surface area (Å²) in [5.41, 5.74) is 3.25. The molecule has 0 heterocycles. The third-order valence-corrected chi connectivity index (χ3v) is 3.58. The molecule has 0 nitrogen and oxygen atoms in total. The van der Waals surface area contributed by atoms with Crippen molar-refractivity contribution < 1.29 is 0 Å². The van der Waals surface area contributed by atoms with E-state index in [2.05, 4.69) is 57.8 Å². The van der Waals surface area contributed by atoms with Crippen molar-refractivity contribution in [2.45, 2.75) is 19.3 Å². The van der Waals surface area contributed by atoms with Crippen LogP contribution >= 0.6 is 0 Å². The summed E-state index contributed by atoms with van der Waals surface area (Å²) in [6.07, 6.45) is 9.56. The lowest BCUT2D eigenvalue weighted by Crippen LogP contribution is -2.25. The molecule has 19 heavy (non-hydrogen) atoms. The highest BCUT2D eigenvalue weighted by molar-refractivity contribution is 5.49. The van der Waals surface area contributed by atoms with E-state index in [1.807, 2.05) is 30.4 Å². The zero-order chi connectivity index (χ0) is 14.3. The second-order valence-electron chi connectivity index (χ2n) is 4.70. The van der Waals surface area contributed by atoms with Gasteiger partial charge in [-0.3, -0.25) is 0 Å². The molecule has 0 spiro atoms. The summed E-state index contributed by atoms with van der Waals surface area (Å²) in [5, 5.41) is 0. The summed E-state index contributed by atoms with van der Waals surface area (Å²) in [6, 6.07) is 10.4. The fourth-order valence-electron chi connectivity index (χ4n) is 2.13. The van der Waals surface area contributed by atoms with E-state index in [1.54, 1.807) is 6.08 Å². The van der Waals surface area contributed by atoms with Crippen LogP contribution in [0.25, 0.3) is 0 Å². The highest BCUT2D eigenvalue weighted by Gasteiger charge is 2.30. The summed E-state index contributed by atoms with van der Waals surface area (Å²) in [5.74, 6) is 0. The third kappa shape index (κ3) is 3.23. The van der Waals surface area contributed by atoms with Crippen LogP contribution in [0, 0.1) is 0 Å². The van der Waals surface area contributed by atoms with Crippen LogP contribution in [0.1, 0.15) is 19.4 Å². The Labute approximate surface area is 117 Å². The molecule has 1 aromatic rings. The molecule has 0 N–H and O–H groups in total. The Morgan fingerprint density at radius 3 is 2.26 bits per heavy atom. The number of hydrogen-bond donors (Lipinski definition) is 0. The first-order chi connectivity index (χ1) is 9.07. The standard InChI is InChI=1S/C19H22/c1-6-8-13-17(4)19(5,16(3)12-7-2)18-14-10-9-11-15-18/h6-15H,1-2,4H2,3,5H3/b13-8-,16-12+. The zero-order valence-electron chi connectivity index (χ0n) is 11.9. The number of benzene rings is 1. The Morgan fingerprint density at radius 1 is 1.11 bits per heavy atom. The Hall–Kier alpha value is -2.08. The van der Waals surface area contributed by atoms with Gasteiger partial charge in [0.2, 0.25) is 0 Å². The van der Waals surface area contributed by atoms with Crippen LogP contribution in [0.15, 0.2) is 91.6 Å². The van der Waals surface area contributed by atoms with Gasteiger partial charge in [0.15, 0.2) is 0 Å². The van der Waals surface area contributed by atoms with Gasteiger partial charge in [0, 0.05) is 5.41 Å². The van der Waals surface area contributed by atoms with Gasteiger partial charge in [0.1, 0.15) is 0 Å². The summed E-state index contributed by atoms with van der Waals surface area (Å²) in [6.45, 7) is 16.0. The van der Waals surface area contributed by atoms with E-state index in [-0.39, 0.29) is 5.41 Å². The van der Waals surface area contributed by atoms with Crippen molar-refractivity contribution in [1.82, 2.24) is 0 Å². The van der Waals surface area contributed by atoms with Gasteiger partial charge in [-0.15, -0.1) is 0 Å². The van der Waals surface area contributed by atoms with Crippen LogP contribution in [0.5, 0.6) is 0 Å². The number of allylic oxidation sites excluding steroid dienone is 7. The molecule has 0 heteroatoms. The largest absolute Gasteiger partial charge is 0.0991 e. The summed E-state index contributed by atoms with van der Waals surface area (Å²) >= 11 is 0. The minimum Gasteiger partial charge on any atom is -0.0991 e. The summed E-state index contributed by atoms with van der Waals surface area (Å²) < 4.78 is 0. The van der Waals surface area contributed by atoms with Crippen LogP contribution in [0.2, 0.25) is 0 Å². The van der Waals surface area contributed by atoms with Gasteiger partial charge in [-0.05, 0) is 25.0 Å². The second-order valence-corrected chi connectivity index (χ2v) is 4.70. The number of rotatable bonds is 6. The lowest BCUT2D eigenvalue weighted by Gasteiger charge is -2.32. The van der Waals surface area contributed by atoms with Gasteiger partial charge in [0.25, 0.3) is 0 Å². The summed E-state index contributed by atoms with van der Waals surface area (Å²) in [7, 11) is 0. The molecule has 0 aliphatic rings. The lowest BCUT2D eigenvalue weighted by molar-refractivity contribution is 0.675. The van der Waals surface area contributed by atoms with Crippen molar-refractivity contribution in [2.24, 2.45) is 0 Å². The molecule has 0 aliphatic carbocycles. The predicted octanol–water partition coefficient (Wildman–Crippen LogP) is 5.38. The molecule has 0 fully saturated rings. The minimum absolute atomic E-state index is 0.227. The monoisotopic (exact) mass is 250 g/mol. The molecule has 1 unspecified atom stereocenters. The topological polar surface area (TPSA) is 0 Å². The number of hydrogen-bond acceptors (Lipinski definition) is 0. The van der Waals surface area contributed by atoms with Gasteiger partial charge >= 0.3 is 0 Å². The molecule has 98 valence electrons. The molecule has 0 amide bonds. The van der Waals surface area contributed by atoms with Crippen molar-refractivity contribution in [3.8, 4) is 0 Å². The maximum Gasteiger partial charge on any atom is 0.0377 e. The van der Waals surface area contributed by atoms with Gasteiger partial charge < -0.3 is 0 Å². The predicted molar refractivity (Wildman–Crippen MR) is 86.2 cm³/mol. The van der Waals surface area contributed by atoms with E-state index in [9.17, 15) is 0 Å². The quantitative estimate of drug-likeness (QED) is 0.595. The van der Waals surface area contributed by atoms with Gasteiger partial charge in [0.05, 0.1) is 0 Å². The van der Waals surface area contributed by atoms with Crippen LogP contribution in [0.3, 0.4) is 0 Å². The average Bonchev–Trinajstić information content (AvgIpc) is 2.44. The van der Waals surface area contributed by atoms with Crippen molar-refractivity contribution in [3.05, 3.63) is 97.2 Å². The van der Waals surface area contributed by atoms with Crippen LogP contribution in [0.4, 0.5) is 0 Å². The molecular formula is C19H22. The minimum atomic E-state index is -0.227. The second kappa shape index (κ2) is 6.75. The molecule has 0 saturated heterocycles. The smallest absolute Gasteiger partial charge is 0.0377 e. The molecular weight excluding hydrogens is 228 g/mol. The normalized spacial score (nSPS) is 14.9. The first-order valence-corrected chi connectivity index (χ1v) is 6.41. The van der Waals surface area contributed by atoms with Crippen LogP contribution < -0.4 is 0 Å². The Bertz CT molecular complexity index is 514. The van der Waals surface area contributed by atoms with Crippen LogP contribution in [-0.2, 0) is 5.41 Å². The molecule has 1 aromatic carbocycles. The lowest BCUT2D eigenvalue weighted by atomic mass is 9.71. The van der Waals surface area contributed by atoms with E-state index in [1.165, 1.54) is 11.1 Å². The van der Waals surface area contributed by atoms with E-state index in [0.29, 0.717) is 0 Å². The van der Waals surface area contributed by atoms with Gasteiger partial charge in [-0.1, -0.05) is 86.0 Å². The SMILES string of the molecule is C=C/C=C\C(=C)C(C)(/C(C)=C/C=C)c1ccccc1. The molecule has 0 aromatic heterocycles. The van der Waals surface area contributed by atoms with E-state index in [0.717, 1.165) is 5.57 Å². The fourth-order valence-corrected chi connectivity index (χ4v) is 2.13. The van der Waals surface area contributed by atoms with E-state index < -0.39 is 0 Å². The Morgan fingerprint density at radius 2 is 1.74 bits per heavy atom. The highest BCUT2D eigenvalue weighted by atomic mass is 14.3. The molecule has 0 bridgehead atoms. The Kier molecular flexibility index (Phi) is 5.32. The molecule has 0 aliphatic heterocycles. The fraction of sp³-hybridized carbons (Fsp3) is 0.158. The first-order valence-electron chi connectivity index (χ1n) is 6.41. The van der Waals surface area contributed by atoms with Gasteiger partial charge in [-0.2, -0.15) is 0 Å². The van der Waals surface area contributed by atoms with E-state index in [4.69, 9.17) is 0 Å². The maximum absolute atomic E-state index is 4.23. The molecule has 1 atom stereocenters. The maximum atomic E-state index is 4.23.